The highest BCUT2D eigenvalue weighted by Crippen LogP contribution is 2.21. The SMILES string of the molecule is CCC(C(=O)OCCCCCCC(C)C)c1ccccc1. The van der Waals surface area contributed by atoms with Crippen LogP contribution in [-0.4, -0.2) is 12.6 Å². The molecule has 0 aliphatic heterocycles. The highest BCUT2D eigenvalue weighted by atomic mass is 16.5. The predicted molar refractivity (Wildman–Crippen MR) is 88.4 cm³/mol. The van der Waals surface area contributed by atoms with E-state index in [0.29, 0.717) is 6.61 Å². The molecule has 0 saturated carbocycles. The fraction of sp³-hybridized carbons (Fsp3) is 0.632. The third-order valence-corrected chi connectivity index (χ3v) is 3.81. The van der Waals surface area contributed by atoms with Crippen molar-refractivity contribution in [2.45, 2.75) is 65.2 Å². The third kappa shape index (κ3) is 7.31. The van der Waals surface area contributed by atoms with Gasteiger partial charge in [0, 0.05) is 0 Å². The zero-order chi connectivity index (χ0) is 15.5. The van der Waals surface area contributed by atoms with Gasteiger partial charge in [0.15, 0.2) is 0 Å². The van der Waals surface area contributed by atoms with Gasteiger partial charge in [-0.25, -0.2) is 0 Å². The predicted octanol–water partition coefficient (Wildman–Crippen LogP) is 5.33. The first-order valence-electron chi connectivity index (χ1n) is 8.36. The summed E-state index contributed by atoms with van der Waals surface area (Å²) in [5.74, 6) is 0.594. The quantitative estimate of drug-likeness (QED) is 0.430. The lowest BCUT2D eigenvalue weighted by Gasteiger charge is -2.14. The van der Waals surface area contributed by atoms with Crippen LogP contribution in [0, 0.1) is 5.92 Å². The summed E-state index contributed by atoms with van der Waals surface area (Å²) in [5, 5.41) is 0. The molecule has 21 heavy (non-hydrogen) atoms. The Balaban J connectivity index is 2.20. The molecule has 1 aromatic rings. The van der Waals surface area contributed by atoms with Crippen molar-refractivity contribution in [2.75, 3.05) is 6.61 Å². The molecule has 0 N–H and O–H groups in total. The Morgan fingerprint density at radius 3 is 2.33 bits per heavy atom. The fourth-order valence-electron chi connectivity index (χ4n) is 2.51. The van der Waals surface area contributed by atoms with Gasteiger partial charge in [-0.05, 0) is 24.3 Å². The van der Waals surface area contributed by atoms with E-state index in [1.807, 2.05) is 37.3 Å². The molecule has 1 atom stereocenters. The van der Waals surface area contributed by atoms with E-state index in [-0.39, 0.29) is 11.9 Å². The second-order valence-corrected chi connectivity index (χ2v) is 6.14. The monoisotopic (exact) mass is 290 g/mol. The zero-order valence-corrected chi connectivity index (χ0v) is 13.8. The zero-order valence-electron chi connectivity index (χ0n) is 13.8. The molecule has 0 amide bonds. The van der Waals surface area contributed by atoms with Crippen molar-refractivity contribution in [3.8, 4) is 0 Å². The Kier molecular flexibility index (Phi) is 8.80. The minimum absolute atomic E-state index is 0.0779. The third-order valence-electron chi connectivity index (χ3n) is 3.81. The lowest BCUT2D eigenvalue weighted by Crippen LogP contribution is -2.16. The largest absolute Gasteiger partial charge is 0.465 e. The molecule has 2 nitrogen and oxygen atoms in total. The molecule has 2 heteroatoms. The van der Waals surface area contributed by atoms with Gasteiger partial charge in [-0.2, -0.15) is 0 Å². The van der Waals surface area contributed by atoms with Crippen LogP contribution < -0.4 is 0 Å². The maximum Gasteiger partial charge on any atom is 0.313 e. The molecule has 1 rings (SSSR count). The first kappa shape index (κ1) is 17.7. The average Bonchev–Trinajstić information content (AvgIpc) is 2.48. The summed E-state index contributed by atoms with van der Waals surface area (Å²) < 4.78 is 5.44. The first-order valence-corrected chi connectivity index (χ1v) is 8.36. The van der Waals surface area contributed by atoms with Crippen molar-refractivity contribution < 1.29 is 9.53 Å². The fourth-order valence-corrected chi connectivity index (χ4v) is 2.51. The molecule has 0 fully saturated rings. The van der Waals surface area contributed by atoms with Crippen molar-refractivity contribution in [1.82, 2.24) is 0 Å². The summed E-state index contributed by atoms with van der Waals surface area (Å²) in [6, 6.07) is 9.92. The average molecular weight is 290 g/mol. The van der Waals surface area contributed by atoms with Gasteiger partial charge in [-0.15, -0.1) is 0 Å². The van der Waals surface area contributed by atoms with Crippen LogP contribution in [0.2, 0.25) is 0 Å². The molecule has 0 spiro atoms. The number of esters is 1. The van der Waals surface area contributed by atoms with Crippen LogP contribution in [0.3, 0.4) is 0 Å². The summed E-state index contributed by atoms with van der Waals surface area (Å²) in [4.78, 5) is 12.1. The van der Waals surface area contributed by atoms with Crippen LogP contribution in [-0.2, 0) is 9.53 Å². The Labute approximate surface area is 129 Å². The second kappa shape index (κ2) is 10.4. The Hall–Kier alpha value is -1.31. The number of unbranched alkanes of at least 4 members (excludes halogenated alkanes) is 3. The van der Waals surface area contributed by atoms with Crippen LogP contribution in [0.15, 0.2) is 30.3 Å². The van der Waals surface area contributed by atoms with Crippen LogP contribution in [0.25, 0.3) is 0 Å². The van der Waals surface area contributed by atoms with Crippen LogP contribution in [0.4, 0.5) is 0 Å². The molecular formula is C19H30O2. The standard InChI is InChI=1S/C19H30O2/c1-4-18(17-13-9-7-10-14-17)19(20)21-15-11-6-5-8-12-16(2)3/h7,9-10,13-14,16,18H,4-6,8,11-12,15H2,1-3H3. The number of carbonyl (C=O) groups excluding carboxylic acids is 1. The molecule has 0 radical (unpaired) electrons. The Morgan fingerprint density at radius 1 is 1.05 bits per heavy atom. The smallest absolute Gasteiger partial charge is 0.313 e. The van der Waals surface area contributed by atoms with Crippen LogP contribution in [0.1, 0.15) is 70.8 Å². The number of benzene rings is 1. The number of hydrogen-bond acceptors (Lipinski definition) is 2. The minimum atomic E-state index is -0.118. The summed E-state index contributed by atoms with van der Waals surface area (Å²) in [5.41, 5.74) is 1.06. The number of carbonyl (C=O) groups is 1. The normalized spacial score (nSPS) is 12.4. The van der Waals surface area contributed by atoms with Crippen molar-refractivity contribution in [2.24, 2.45) is 5.92 Å². The summed E-state index contributed by atoms with van der Waals surface area (Å²) in [6.07, 6.45) is 6.75. The lowest BCUT2D eigenvalue weighted by molar-refractivity contribution is -0.145. The van der Waals surface area contributed by atoms with Gasteiger partial charge >= 0.3 is 5.97 Å². The highest BCUT2D eigenvalue weighted by Gasteiger charge is 2.19. The lowest BCUT2D eigenvalue weighted by atomic mass is 9.97. The van der Waals surface area contributed by atoms with Gasteiger partial charge in [-0.1, -0.05) is 76.8 Å². The van der Waals surface area contributed by atoms with E-state index in [2.05, 4.69) is 13.8 Å². The highest BCUT2D eigenvalue weighted by molar-refractivity contribution is 5.78. The molecule has 0 aromatic heterocycles. The topological polar surface area (TPSA) is 26.3 Å². The molecular weight excluding hydrogens is 260 g/mol. The van der Waals surface area contributed by atoms with Crippen LogP contribution >= 0.6 is 0 Å². The van der Waals surface area contributed by atoms with E-state index in [1.54, 1.807) is 0 Å². The van der Waals surface area contributed by atoms with Crippen molar-refractivity contribution >= 4 is 5.97 Å². The molecule has 118 valence electrons. The van der Waals surface area contributed by atoms with E-state index < -0.39 is 0 Å². The van der Waals surface area contributed by atoms with Gasteiger partial charge in [0.1, 0.15) is 0 Å². The van der Waals surface area contributed by atoms with Gasteiger partial charge < -0.3 is 4.74 Å². The van der Waals surface area contributed by atoms with Gasteiger partial charge in [0.05, 0.1) is 12.5 Å². The number of rotatable bonds is 10. The van der Waals surface area contributed by atoms with E-state index in [1.165, 1.54) is 19.3 Å². The van der Waals surface area contributed by atoms with Crippen LogP contribution in [0.5, 0.6) is 0 Å². The summed E-state index contributed by atoms with van der Waals surface area (Å²) >= 11 is 0. The second-order valence-electron chi connectivity index (χ2n) is 6.14. The summed E-state index contributed by atoms with van der Waals surface area (Å²) in [7, 11) is 0. The van der Waals surface area contributed by atoms with Crippen molar-refractivity contribution in [3.05, 3.63) is 35.9 Å². The number of ether oxygens (including phenoxy) is 1. The minimum Gasteiger partial charge on any atom is -0.465 e. The maximum absolute atomic E-state index is 12.1. The van der Waals surface area contributed by atoms with Crippen molar-refractivity contribution in [3.63, 3.8) is 0 Å². The molecule has 1 aromatic carbocycles. The molecule has 0 aliphatic rings. The molecule has 0 bridgehead atoms. The molecule has 0 saturated heterocycles. The molecule has 0 aliphatic carbocycles. The van der Waals surface area contributed by atoms with Gasteiger partial charge in [0.2, 0.25) is 0 Å². The van der Waals surface area contributed by atoms with E-state index >= 15 is 0 Å². The van der Waals surface area contributed by atoms with Crippen molar-refractivity contribution in [1.29, 1.82) is 0 Å². The van der Waals surface area contributed by atoms with E-state index in [4.69, 9.17) is 4.74 Å². The van der Waals surface area contributed by atoms with Gasteiger partial charge in [-0.3, -0.25) is 4.79 Å². The molecule has 0 heterocycles. The Bertz CT molecular complexity index is 384. The van der Waals surface area contributed by atoms with Gasteiger partial charge in [0.25, 0.3) is 0 Å². The Morgan fingerprint density at radius 2 is 1.71 bits per heavy atom. The number of hydrogen-bond donors (Lipinski definition) is 0. The maximum atomic E-state index is 12.1. The van der Waals surface area contributed by atoms with E-state index in [0.717, 1.165) is 30.7 Å². The first-order chi connectivity index (χ1) is 10.1. The van der Waals surface area contributed by atoms with E-state index in [9.17, 15) is 4.79 Å². The summed E-state index contributed by atoms with van der Waals surface area (Å²) in [6.45, 7) is 7.11. The molecule has 1 unspecified atom stereocenters.